The molecule has 3 rings (SSSR count). The second kappa shape index (κ2) is 10.1. The molecule has 1 amide bonds. The van der Waals surface area contributed by atoms with Crippen molar-refractivity contribution in [3.63, 3.8) is 0 Å². The lowest BCUT2D eigenvalue weighted by Gasteiger charge is -2.33. The van der Waals surface area contributed by atoms with Gasteiger partial charge in [0.2, 0.25) is 0 Å². The molecule has 4 nitrogen and oxygen atoms in total. The third-order valence-electron chi connectivity index (χ3n) is 5.82. The van der Waals surface area contributed by atoms with Crippen molar-refractivity contribution in [1.29, 1.82) is 0 Å². The predicted octanol–water partition coefficient (Wildman–Crippen LogP) is 3.95. The van der Waals surface area contributed by atoms with E-state index in [4.69, 9.17) is 4.74 Å². The van der Waals surface area contributed by atoms with Crippen molar-refractivity contribution >= 4 is 5.91 Å². The summed E-state index contributed by atoms with van der Waals surface area (Å²) in [7, 11) is 1.76. The van der Waals surface area contributed by atoms with Gasteiger partial charge in [0, 0.05) is 38.9 Å². The molecule has 4 heteroatoms. The van der Waals surface area contributed by atoms with E-state index in [-0.39, 0.29) is 5.91 Å². The minimum atomic E-state index is 0.200. The topological polar surface area (TPSA) is 32.8 Å². The van der Waals surface area contributed by atoms with Crippen LogP contribution in [0, 0.1) is 5.92 Å². The number of benzene rings is 1. The van der Waals surface area contributed by atoms with Crippen molar-refractivity contribution < 1.29 is 9.53 Å². The Bertz CT molecular complexity index is 552. The lowest BCUT2D eigenvalue weighted by atomic mass is 9.93. The van der Waals surface area contributed by atoms with Crippen molar-refractivity contribution in [2.45, 2.75) is 51.5 Å². The zero-order valence-corrected chi connectivity index (χ0v) is 16.3. The lowest BCUT2D eigenvalue weighted by Crippen LogP contribution is -2.40. The first kappa shape index (κ1) is 19.4. The van der Waals surface area contributed by atoms with E-state index in [9.17, 15) is 4.79 Å². The van der Waals surface area contributed by atoms with Crippen LogP contribution in [-0.4, -0.2) is 55.6 Å². The number of likely N-dealkylation sites (tertiary alicyclic amines) is 2. The highest BCUT2D eigenvalue weighted by molar-refractivity contribution is 5.94. The molecule has 0 aromatic heterocycles. The van der Waals surface area contributed by atoms with Crippen LogP contribution in [0.25, 0.3) is 0 Å². The molecule has 0 radical (unpaired) electrons. The number of piperidine rings is 2. The molecule has 144 valence electrons. The van der Waals surface area contributed by atoms with Crippen molar-refractivity contribution in [3.8, 4) is 0 Å². The van der Waals surface area contributed by atoms with Crippen LogP contribution in [0.3, 0.4) is 0 Å². The van der Waals surface area contributed by atoms with Crippen molar-refractivity contribution in [2.75, 3.05) is 39.9 Å². The SMILES string of the molecule is COCCC[C@@H]1CCCN(C(=O)c2ccc(CN3CCCCC3)cc2)C1. The van der Waals surface area contributed by atoms with Gasteiger partial charge in [-0.15, -0.1) is 0 Å². The Morgan fingerprint density at radius 2 is 1.85 bits per heavy atom. The molecule has 0 bridgehead atoms. The van der Waals surface area contributed by atoms with E-state index in [1.54, 1.807) is 7.11 Å². The highest BCUT2D eigenvalue weighted by Gasteiger charge is 2.24. The first-order valence-electron chi connectivity index (χ1n) is 10.4. The third kappa shape index (κ3) is 5.55. The number of ether oxygens (including phenoxy) is 1. The van der Waals surface area contributed by atoms with Gasteiger partial charge in [-0.3, -0.25) is 9.69 Å². The molecule has 2 fully saturated rings. The number of rotatable bonds is 7. The number of amides is 1. The fourth-order valence-electron chi connectivity index (χ4n) is 4.31. The smallest absolute Gasteiger partial charge is 0.253 e. The standard InChI is InChI=1S/C22H34N2O2/c1-26-16-6-8-19-7-5-15-24(18-19)22(25)21-11-9-20(10-12-21)17-23-13-3-2-4-14-23/h9-12,19H,2-8,13-18H2,1H3/t19-/m0/s1. The summed E-state index contributed by atoms with van der Waals surface area (Å²) in [4.78, 5) is 17.4. The molecule has 0 spiro atoms. The van der Waals surface area contributed by atoms with Gasteiger partial charge in [-0.05, 0) is 75.2 Å². The summed E-state index contributed by atoms with van der Waals surface area (Å²) in [6, 6.07) is 8.33. The summed E-state index contributed by atoms with van der Waals surface area (Å²) in [5, 5.41) is 0. The van der Waals surface area contributed by atoms with Gasteiger partial charge < -0.3 is 9.64 Å². The van der Waals surface area contributed by atoms with Gasteiger partial charge in [-0.2, -0.15) is 0 Å². The maximum atomic E-state index is 12.9. The number of nitrogens with zero attached hydrogens (tertiary/aromatic N) is 2. The quantitative estimate of drug-likeness (QED) is 0.692. The van der Waals surface area contributed by atoms with Gasteiger partial charge in [0.1, 0.15) is 0 Å². The molecular formula is C22H34N2O2. The van der Waals surface area contributed by atoms with Crippen LogP contribution in [-0.2, 0) is 11.3 Å². The second-order valence-electron chi connectivity index (χ2n) is 7.93. The third-order valence-corrected chi connectivity index (χ3v) is 5.82. The van der Waals surface area contributed by atoms with E-state index < -0.39 is 0 Å². The molecule has 26 heavy (non-hydrogen) atoms. The first-order chi connectivity index (χ1) is 12.8. The summed E-state index contributed by atoms with van der Waals surface area (Å²) in [5.41, 5.74) is 2.16. The van der Waals surface area contributed by atoms with E-state index in [2.05, 4.69) is 21.9 Å². The second-order valence-corrected chi connectivity index (χ2v) is 7.93. The van der Waals surface area contributed by atoms with Crippen LogP contribution >= 0.6 is 0 Å². The van der Waals surface area contributed by atoms with Crippen LogP contribution in [0.15, 0.2) is 24.3 Å². The van der Waals surface area contributed by atoms with Crippen molar-refractivity contribution in [1.82, 2.24) is 9.80 Å². The number of carbonyl (C=O) groups is 1. The fraction of sp³-hybridized carbons (Fsp3) is 0.682. The Morgan fingerprint density at radius 1 is 1.08 bits per heavy atom. The number of hydrogen-bond donors (Lipinski definition) is 0. The Hall–Kier alpha value is -1.39. The van der Waals surface area contributed by atoms with Crippen LogP contribution in [0.4, 0.5) is 0 Å². The molecule has 0 unspecified atom stereocenters. The van der Waals surface area contributed by atoms with Gasteiger partial charge in [0.05, 0.1) is 0 Å². The molecule has 2 aliphatic heterocycles. The van der Waals surface area contributed by atoms with Crippen LogP contribution < -0.4 is 0 Å². The van der Waals surface area contributed by atoms with Crippen LogP contribution in [0.5, 0.6) is 0 Å². The number of carbonyl (C=O) groups excluding carboxylic acids is 1. The zero-order chi connectivity index (χ0) is 18.2. The van der Waals surface area contributed by atoms with Gasteiger partial charge in [-0.1, -0.05) is 18.6 Å². The highest BCUT2D eigenvalue weighted by atomic mass is 16.5. The molecule has 0 saturated carbocycles. The molecular weight excluding hydrogens is 324 g/mol. The largest absolute Gasteiger partial charge is 0.385 e. The average molecular weight is 359 g/mol. The summed E-state index contributed by atoms with van der Waals surface area (Å²) < 4.78 is 5.16. The van der Waals surface area contributed by atoms with Gasteiger partial charge in [0.25, 0.3) is 5.91 Å². The predicted molar refractivity (Wildman–Crippen MR) is 105 cm³/mol. The summed E-state index contributed by atoms with van der Waals surface area (Å²) >= 11 is 0. The van der Waals surface area contributed by atoms with Crippen molar-refractivity contribution in [2.24, 2.45) is 5.92 Å². The van der Waals surface area contributed by atoms with E-state index in [0.29, 0.717) is 5.92 Å². The molecule has 2 saturated heterocycles. The normalized spacial score (nSPS) is 21.7. The first-order valence-corrected chi connectivity index (χ1v) is 10.4. The Kier molecular flexibility index (Phi) is 7.51. The number of hydrogen-bond acceptors (Lipinski definition) is 3. The van der Waals surface area contributed by atoms with Gasteiger partial charge in [0.15, 0.2) is 0 Å². The molecule has 0 N–H and O–H groups in total. The minimum absolute atomic E-state index is 0.200. The monoisotopic (exact) mass is 358 g/mol. The summed E-state index contributed by atoms with van der Waals surface area (Å²) in [5.74, 6) is 0.826. The van der Waals surface area contributed by atoms with Gasteiger partial charge >= 0.3 is 0 Å². The number of methoxy groups -OCH3 is 1. The van der Waals surface area contributed by atoms with E-state index in [0.717, 1.165) is 51.1 Å². The molecule has 1 aromatic rings. The van der Waals surface area contributed by atoms with E-state index in [1.807, 2.05) is 12.1 Å². The lowest BCUT2D eigenvalue weighted by molar-refractivity contribution is 0.0660. The Labute approximate surface area is 158 Å². The molecule has 2 heterocycles. The van der Waals surface area contributed by atoms with E-state index >= 15 is 0 Å². The van der Waals surface area contributed by atoms with Crippen molar-refractivity contribution in [3.05, 3.63) is 35.4 Å². The highest BCUT2D eigenvalue weighted by Crippen LogP contribution is 2.23. The summed E-state index contributed by atoms with van der Waals surface area (Å²) in [6.07, 6.45) is 8.61. The maximum absolute atomic E-state index is 12.9. The molecule has 2 aliphatic rings. The Morgan fingerprint density at radius 3 is 2.58 bits per heavy atom. The fourth-order valence-corrected chi connectivity index (χ4v) is 4.31. The Balaban J connectivity index is 1.52. The van der Waals surface area contributed by atoms with E-state index in [1.165, 1.54) is 44.3 Å². The summed E-state index contributed by atoms with van der Waals surface area (Å²) in [6.45, 7) is 6.05. The maximum Gasteiger partial charge on any atom is 0.253 e. The molecule has 0 aliphatic carbocycles. The minimum Gasteiger partial charge on any atom is -0.385 e. The zero-order valence-electron chi connectivity index (χ0n) is 16.3. The average Bonchev–Trinajstić information content (AvgIpc) is 2.69. The van der Waals surface area contributed by atoms with Crippen LogP contribution in [0.1, 0.15) is 60.9 Å². The van der Waals surface area contributed by atoms with Crippen LogP contribution in [0.2, 0.25) is 0 Å². The molecule has 1 atom stereocenters. The van der Waals surface area contributed by atoms with Gasteiger partial charge in [-0.25, -0.2) is 0 Å². The molecule has 1 aromatic carbocycles.